The van der Waals surface area contributed by atoms with Crippen LogP contribution in [0, 0.1) is 6.92 Å². The van der Waals surface area contributed by atoms with Crippen LogP contribution in [0.5, 0.6) is 11.5 Å². The lowest BCUT2D eigenvalue weighted by Gasteiger charge is -2.16. The van der Waals surface area contributed by atoms with Crippen LogP contribution in [0.25, 0.3) is 28.4 Å². The maximum atomic E-state index is 5.68. The molecule has 1 aliphatic carbocycles. The topological polar surface area (TPSA) is 87.0 Å². The SMILES string of the molecule is COc1cccc(OC)c1-n1c(-c2cncc(C)c2)nc2ncc(NSC3CC3)nc21. The molecule has 3 aromatic heterocycles. The van der Waals surface area contributed by atoms with Crippen LogP contribution in [0.4, 0.5) is 5.82 Å². The van der Waals surface area contributed by atoms with E-state index in [1.54, 1.807) is 38.6 Å². The van der Waals surface area contributed by atoms with Crippen LogP contribution in [0.2, 0.25) is 0 Å². The quantitative estimate of drug-likeness (QED) is 0.428. The maximum absolute atomic E-state index is 5.68. The number of pyridine rings is 1. The van der Waals surface area contributed by atoms with Crippen molar-refractivity contribution in [3.05, 3.63) is 48.4 Å². The number of ether oxygens (including phenoxy) is 2. The molecule has 1 saturated carbocycles. The van der Waals surface area contributed by atoms with E-state index in [2.05, 4.69) is 14.7 Å². The van der Waals surface area contributed by atoms with Gasteiger partial charge in [0, 0.05) is 23.2 Å². The first-order chi connectivity index (χ1) is 15.2. The van der Waals surface area contributed by atoms with Gasteiger partial charge in [-0.2, -0.15) is 0 Å². The van der Waals surface area contributed by atoms with E-state index >= 15 is 0 Å². The number of para-hydroxylation sites is 1. The van der Waals surface area contributed by atoms with Crippen molar-refractivity contribution in [3.63, 3.8) is 0 Å². The number of methoxy groups -OCH3 is 2. The van der Waals surface area contributed by atoms with Gasteiger partial charge in [-0.15, -0.1) is 0 Å². The summed E-state index contributed by atoms with van der Waals surface area (Å²) >= 11 is 1.68. The number of aromatic nitrogens is 5. The van der Waals surface area contributed by atoms with E-state index in [0.717, 1.165) is 11.1 Å². The molecule has 0 saturated heterocycles. The molecule has 31 heavy (non-hydrogen) atoms. The first kappa shape index (κ1) is 19.6. The summed E-state index contributed by atoms with van der Waals surface area (Å²) in [5.74, 6) is 2.65. The van der Waals surface area contributed by atoms with Crippen molar-refractivity contribution in [2.45, 2.75) is 25.0 Å². The van der Waals surface area contributed by atoms with Crippen LogP contribution >= 0.6 is 11.9 Å². The van der Waals surface area contributed by atoms with Gasteiger partial charge in [-0.1, -0.05) is 6.07 Å². The third kappa shape index (κ3) is 3.76. The predicted molar refractivity (Wildman–Crippen MR) is 122 cm³/mol. The summed E-state index contributed by atoms with van der Waals surface area (Å²) in [4.78, 5) is 18.6. The molecular formula is C22H22N6O2S. The van der Waals surface area contributed by atoms with Crippen molar-refractivity contribution in [1.82, 2.24) is 24.5 Å². The number of hydrogen-bond acceptors (Lipinski definition) is 8. The fraction of sp³-hybridized carbons (Fsp3) is 0.273. The summed E-state index contributed by atoms with van der Waals surface area (Å²) in [6, 6.07) is 7.70. The van der Waals surface area contributed by atoms with Crippen molar-refractivity contribution >= 4 is 29.1 Å². The zero-order valence-corrected chi connectivity index (χ0v) is 18.3. The Kier molecular flexibility index (Phi) is 5.11. The molecule has 0 spiro atoms. The second-order valence-electron chi connectivity index (χ2n) is 7.35. The lowest BCUT2D eigenvalue weighted by Crippen LogP contribution is -2.05. The Morgan fingerprint density at radius 1 is 1.06 bits per heavy atom. The molecule has 0 bridgehead atoms. The Hall–Kier alpha value is -3.33. The smallest absolute Gasteiger partial charge is 0.198 e. The van der Waals surface area contributed by atoms with E-state index in [1.807, 2.05) is 42.0 Å². The van der Waals surface area contributed by atoms with Gasteiger partial charge in [-0.25, -0.2) is 15.0 Å². The Labute approximate surface area is 184 Å². The van der Waals surface area contributed by atoms with Gasteiger partial charge >= 0.3 is 0 Å². The monoisotopic (exact) mass is 434 g/mol. The summed E-state index contributed by atoms with van der Waals surface area (Å²) in [5.41, 5.74) is 3.75. The van der Waals surface area contributed by atoms with Gasteiger partial charge in [-0.3, -0.25) is 9.55 Å². The number of benzene rings is 1. The van der Waals surface area contributed by atoms with Gasteiger partial charge in [0.05, 0.1) is 20.4 Å². The van der Waals surface area contributed by atoms with E-state index in [-0.39, 0.29) is 0 Å². The largest absolute Gasteiger partial charge is 0.494 e. The predicted octanol–water partition coefficient (Wildman–Crippen LogP) is 4.43. The number of anilines is 1. The highest BCUT2D eigenvalue weighted by Crippen LogP contribution is 2.38. The molecule has 1 fully saturated rings. The highest BCUT2D eigenvalue weighted by Gasteiger charge is 2.25. The second-order valence-corrected chi connectivity index (χ2v) is 8.46. The lowest BCUT2D eigenvalue weighted by atomic mass is 10.2. The number of nitrogens with zero attached hydrogens (tertiary/aromatic N) is 5. The van der Waals surface area contributed by atoms with Crippen LogP contribution < -0.4 is 14.2 Å². The number of nitrogens with one attached hydrogen (secondary N) is 1. The van der Waals surface area contributed by atoms with E-state index in [1.165, 1.54) is 12.8 Å². The number of aryl methyl sites for hydroxylation is 1. The molecule has 5 rings (SSSR count). The van der Waals surface area contributed by atoms with Crippen molar-refractivity contribution < 1.29 is 9.47 Å². The molecule has 4 aromatic rings. The first-order valence-electron chi connectivity index (χ1n) is 9.98. The molecule has 0 unspecified atom stereocenters. The van der Waals surface area contributed by atoms with Crippen molar-refractivity contribution in [1.29, 1.82) is 0 Å². The third-order valence-electron chi connectivity index (χ3n) is 4.98. The molecule has 0 amide bonds. The average Bonchev–Trinajstić information content (AvgIpc) is 3.55. The molecule has 3 heterocycles. The number of rotatable bonds is 7. The van der Waals surface area contributed by atoms with Crippen LogP contribution in [0.3, 0.4) is 0 Å². The minimum absolute atomic E-state index is 0.534. The molecule has 0 aliphatic heterocycles. The van der Waals surface area contributed by atoms with Gasteiger partial charge in [0.2, 0.25) is 0 Å². The molecule has 1 aliphatic rings. The Bertz CT molecular complexity index is 1230. The first-order valence-corrected chi connectivity index (χ1v) is 10.9. The molecule has 158 valence electrons. The van der Waals surface area contributed by atoms with Crippen molar-refractivity contribution in [2.24, 2.45) is 0 Å². The molecule has 0 radical (unpaired) electrons. The van der Waals surface area contributed by atoms with Crippen molar-refractivity contribution in [3.8, 4) is 28.6 Å². The maximum Gasteiger partial charge on any atom is 0.198 e. The molecule has 1 aromatic carbocycles. The summed E-state index contributed by atoms with van der Waals surface area (Å²) in [5, 5.41) is 0.644. The molecule has 0 atom stereocenters. The number of imidazole rings is 1. The fourth-order valence-electron chi connectivity index (χ4n) is 3.37. The van der Waals surface area contributed by atoms with Gasteiger partial charge in [0.15, 0.2) is 22.9 Å². The Balaban J connectivity index is 1.77. The minimum atomic E-state index is 0.534. The van der Waals surface area contributed by atoms with Crippen molar-refractivity contribution in [2.75, 3.05) is 18.9 Å². The summed E-state index contributed by atoms with van der Waals surface area (Å²) in [6.45, 7) is 2.00. The zero-order chi connectivity index (χ0) is 21.4. The highest BCUT2D eigenvalue weighted by molar-refractivity contribution is 8.01. The van der Waals surface area contributed by atoms with E-state index in [4.69, 9.17) is 19.4 Å². The van der Waals surface area contributed by atoms with Crippen LogP contribution in [0.15, 0.2) is 42.9 Å². The number of hydrogen-bond donors (Lipinski definition) is 1. The Morgan fingerprint density at radius 2 is 1.84 bits per heavy atom. The standard InChI is InChI=1S/C22H22N6O2S/c1-13-9-14(11-23-10-13)21-26-20-22(25-18(12-24-20)27-31-15-7-8-15)28(21)19-16(29-2)5-4-6-17(19)30-3/h4-6,9-12,15H,7-8H2,1-3H3,(H,25,27). The fourth-order valence-corrected chi connectivity index (χ4v) is 4.12. The molecular weight excluding hydrogens is 412 g/mol. The van der Waals surface area contributed by atoms with Gasteiger partial charge in [-0.05, 0) is 55.5 Å². The van der Waals surface area contributed by atoms with E-state index < -0.39 is 0 Å². The third-order valence-corrected chi connectivity index (χ3v) is 6.12. The van der Waals surface area contributed by atoms with Crippen LogP contribution in [-0.2, 0) is 0 Å². The van der Waals surface area contributed by atoms with Crippen LogP contribution in [-0.4, -0.2) is 44.0 Å². The minimum Gasteiger partial charge on any atom is -0.494 e. The second kappa shape index (κ2) is 8.07. The summed E-state index contributed by atoms with van der Waals surface area (Å²) < 4.78 is 16.6. The lowest BCUT2D eigenvalue weighted by molar-refractivity contribution is 0.391. The number of fused-ring (bicyclic) bond motifs is 1. The molecule has 8 nitrogen and oxygen atoms in total. The van der Waals surface area contributed by atoms with Crippen LogP contribution in [0.1, 0.15) is 18.4 Å². The van der Waals surface area contributed by atoms with Gasteiger partial charge in [0.25, 0.3) is 0 Å². The molecule has 9 heteroatoms. The molecule has 1 N–H and O–H groups in total. The van der Waals surface area contributed by atoms with Gasteiger partial charge in [0.1, 0.15) is 17.2 Å². The zero-order valence-electron chi connectivity index (χ0n) is 17.5. The summed E-state index contributed by atoms with van der Waals surface area (Å²) in [6.07, 6.45) is 7.78. The Morgan fingerprint density at radius 3 is 2.52 bits per heavy atom. The highest BCUT2D eigenvalue weighted by atomic mass is 32.2. The van der Waals surface area contributed by atoms with Gasteiger partial charge < -0.3 is 14.2 Å². The van der Waals surface area contributed by atoms with E-state index in [9.17, 15) is 0 Å². The normalized spacial score (nSPS) is 13.4. The average molecular weight is 435 g/mol. The van der Waals surface area contributed by atoms with E-state index in [0.29, 0.717) is 45.4 Å². The summed E-state index contributed by atoms with van der Waals surface area (Å²) in [7, 11) is 3.27.